The van der Waals surface area contributed by atoms with E-state index in [1.165, 1.54) is 13.0 Å². The van der Waals surface area contributed by atoms with Crippen molar-refractivity contribution < 1.29 is 4.79 Å². The molecule has 0 spiro atoms. The Morgan fingerprint density at radius 1 is 1.35 bits per heavy atom. The molecule has 0 saturated carbocycles. The van der Waals surface area contributed by atoms with Crippen LogP contribution in [0.3, 0.4) is 0 Å². The number of carbonyl (C=O) groups excluding carboxylic acids is 1. The maximum absolute atomic E-state index is 11.9. The number of nitrogens with zero attached hydrogens (tertiary/aromatic N) is 1. The van der Waals surface area contributed by atoms with E-state index in [9.17, 15) is 4.79 Å². The molecule has 98 valence electrons. The zero-order chi connectivity index (χ0) is 12.1. The van der Waals surface area contributed by atoms with Crippen LogP contribution in [0.5, 0.6) is 0 Å². The van der Waals surface area contributed by atoms with Crippen molar-refractivity contribution in [3.05, 3.63) is 0 Å². The molecule has 2 aliphatic heterocycles. The van der Waals surface area contributed by atoms with Crippen molar-refractivity contribution >= 4 is 5.91 Å². The zero-order valence-corrected chi connectivity index (χ0v) is 10.9. The molecule has 4 heteroatoms. The first kappa shape index (κ1) is 12.8. The summed E-state index contributed by atoms with van der Waals surface area (Å²) in [5, 5.41) is 6.45. The van der Waals surface area contributed by atoms with Crippen molar-refractivity contribution in [2.75, 3.05) is 26.2 Å². The highest BCUT2D eigenvalue weighted by Gasteiger charge is 2.25. The van der Waals surface area contributed by atoms with Crippen LogP contribution in [0.1, 0.15) is 39.0 Å². The summed E-state index contributed by atoms with van der Waals surface area (Å²) in [6.45, 7) is 6.69. The molecule has 0 aromatic rings. The molecule has 0 bridgehead atoms. The molecule has 2 aliphatic rings. The van der Waals surface area contributed by atoms with Gasteiger partial charge in [-0.1, -0.05) is 6.92 Å². The van der Waals surface area contributed by atoms with Gasteiger partial charge >= 0.3 is 0 Å². The molecule has 17 heavy (non-hydrogen) atoms. The van der Waals surface area contributed by atoms with Crippen LogP contribution >= 0.6 is 0 Å². The van der Waals surface area contributed by atoms with Gasteiger partial charge in [-0.25, -0.2) is 0 Å². The van der Waals surface area contributed by atoms with E-state index in [2.05, 4.69) is 22.5 Å². The molecule has 4 nitrogen and oxygen atoms in total. The lowest BCUT2D eigenvalue weighted by atomic mass is 10.0. The highest BCUT2D eigenvalue weighted by Crippen LogP contribution is 2.12. The Labute approximate surface area is 104 Å². The molecular formula is C13H25N3O. The van der Waals surface area contributed by atoms with Gasteiger partial charge in [-0.05, 0) is 45.2 Å². The topological polar surface area (TPSA) is 44.4 Å². The summed E-state index contributed by atoms with van der Waals surface area (Å²) in [7, 11) is 0. The molecule has 2 rings (SSSR count). The van der Waals surface area contributed by atoms with Gasteiger partial charge in [0.15, 0.2) is 0 Å². The minimum absolute atomic E-state index is 0.0728. The Balaban J connectivity index is 1.68. The second-order valence-corrected chi connectivity index (χ2v) is 5.27. The normalized spacial score (nSPS) is 27.2. The van der Waals surface area contributed by atoms with Crippen LogP contribution in [0.25, 0.3) is 0 Å². The SMILES string of the molecule is CCCN1CCC(NC(=O)C2CCCN2)CC1. The maximum atomic E-state index is 11.9. The van der Waals surface area contributed by atoms with E-state index < -0.39 is 0 Å². The van der Waals surface area contributed by atoms with Crippen molar-refractivity contribution in [2.45, 2.75) is 51.1 Å². The van der Waals surface area contributed by atoms with Crippen molar-refractivity contribution in [1.29, 1.82) is 0 Å². The number of amides is 1. The average molecular weight is 239 g/mol. The van der Waals surface area contributed by atoms with Crippen LogP contribution in [-0.2, 0) is 4.79 Å². The second-order valence-electron chi connectivity index (χ2n) is 5.27. The molecular weight excluding hydrogens is 214 g/mol. The maximum Gasteiger partial charge on any atom is 0.237 e. The summed E-state index contributed by atoms with van der Waals surface area (Å²) in [6, 6.07) is 0.474. The molecule has 2 saturated heterocycles. The monoisotopic (exact) mass is 239 g/mol. The van der Waals surface area contributed by atoms with Gasteiger partial charge in [0.25, 0.3) is 0 Å². The van der Waals surface area contributed by atoms with Crippen LogP contribution in [0.2, 0.25) is 0 Å². The number of carbonyl (C=O) groups is 1. The number of piperidine rings is 1. The standard InChI is InChI=1S/C13H25N3O/c1-2-8-16-9-5-11(6-10-16)15-13(17)12-4-3-7-14-12/h11-12,14H,2-10H2,1H3,(H,15,17). The zero-order valence-electron chi connectivity index (χ0n) is 10.9. The van der Waals surface area contributed by atoms with Crippen molar-refractivity contribution in [1.82, 2.24) is 15.5 Å². The van der Waals surface area contributed by atoms with E-state index in [4.69, 9.17) is 0 Å². The lowest BCUT2D eigenvalue weighted by Gasteiger charge is -2.32. The van der Waals surface area contributed by atoms with E-state index in [-0.39, 0.29) is 11.9 Å². The third-order valence-corrected chi connectivity index (χ3v) is 3.85. The third kappa shape index (κ3) is 3.68. The smallest absolute Gasteiger partial charge is 0.237 e. The van der Waals surface area contributed by atoms with Gasteiger partial charge in [-0.3, -0.25) is 4.79 Å². The Hall–Kier alpha value is -0.610. The predicted molar refractivity (Wildman–Crippen MR) is 68.9 cm³/mol. The minimum atomic E-state index is 0.0728. The van der Waals surface area contributed by atoms with Crippen LogP contribution < -0.4 is 10.6 Å². The van der Waals surface area contributed by atoms with Crippen molar-refractivity contribution in [3.63, 3.8) is 0 Å². The summed E-state index contributed by atoms with van der Waals surface area (Å²) in [4.78, 5) is 14.4. The number of rotatable bonds is 4. The fourth-order valence-electron chi connectivity index (χ4n) is 2.83. The van der Waals surface area contributed by atoms with E-state index in [0.29, 0.717) is 6.04 Å². The molecule has 0 aromatic heterocycles. The molecule has 2 N–H and O–H groups in total. The molecule has 0 aliphatic carbocycles. The van der Waals surface area contributed by atoms with Gasteiger partial charge < -0.3 is 15.5 Å². The third-order valence-electron chi connectivity index (χ3n) is 3.85. The number of nitrogens with one attached hydrogen (secondary N) is 2. The van der Waals surface area contributed by atoms with Crippen LogP contribution in [0.4, 0.5) is 0 Å². The summed E-state index contributed by atoms with van der Waals surface area (Å²) in [5.74, 6) is 0.219. The van der Waals surface area contributed by atoms with Gasteiger partial charge in [0.1, 0.15) is 0 Å². The fraction of sp³-hybridized carbons (Fsp3) is 0.923. The summed E-state index contributed by atoms with van der Waals surface area (Å²) < 4.78 is 0. The number of hydrogen-bond acceptors (Lipinski definition) is 3. The van der Waals surface area contributed by atoms with E-state index >= 15 is 0 Å². The van der Waals surface area contributed by atoms with E-state index in [1.807, 2.05) is 0 Å². The van der Waals surface area contributed by atoms with E-state index in [0.717, 1.165) is 45.3 Å². The lowest BCUT2D eigenvalue weighted by Crippen LogP contribution is -2.49. The van der Waals surface area contributed by atoms with Gasteiger partial charge in [-0.2, -0.15) is 0 Å². The highest BCUT2D eigenvalue weighted by molar-refractivity contribution is 5.82. The fourth-order valence-corrected chi connectivity index (χ4v) is 2.83. The Morgan fingerprint density at radius 2 is 2.12 bits per heavy atom. The van der Waals surface area contributed by atoms with E-state index in [1.54, 1.807) is 0 Å². The average Bonchev–Trinajstić information content (AvgIpc) is 2.86. The molecule has 2 heterocycles. The first-order chi connectivity index (χ1) is 8.29. The van der Waals surface area contributed by atoms with Gasteiger partial charge in [-0.15, -0.1) is 0 Å². The molecule has 0 radical (unpaired) electrons. The Bertz CT molecular complexity index is 243. The van der Waals surface area contributed by atoms with Crippen molar-refractivity contribution in [3.8, 4) is 0 Å². The quantitative estimate of drug-likeness (QED) is 0.760. The molecule has 1 unspecified atom stereocenters. The van der Waals surface area contributed by atoms with Crippen LogP contribution in [0, 0.1) is 0 Å². The van der Waals surface area contributed by atoms with Gasteiger partial charge in [0, 0.05) is 19.1 Å². The molecule has 2 fully saturated rings. The summed E-state index contributed by atoms with van der Waals surface area (Å²) >= 11 is 0. The molecule has 1 atom stereocenters. The lowest BCUT2D eigenvalue weighted by molar-refractivity contribution is -0.123. The first-order valence-electron chi connectivity index (χ1n) is 7.05. The summed E-state index contributed by atoms with van der Waals surface area (Å²) in [6.07, 6.45) is 5.58. The Kier molecular flexibility index (Phi) is 4.80. The first-order valence-corrected chi connectivity index (χ1v) is 7.05. The Morgan fingerprint density at radius 3 is 2.71 bits per heavy atom. The summed E-state index contributed by atoms with van der Waals surface area (Å²) in [5.41, 5.74) is 0. The molecule has 1 amide bonds. The minimum Gasteiger partial charge on any atom is -0.352 e. The van der Waals surface area contributed by atoms with Gasteiger partial charge in [0.05, 0.1) is 6.04 Å². The number of likely N-dealkylation sites (tertiary alicyclic amines) is 1. The van der Waals surface area contributed by atoms with Crippen molar-refractivity contribution in [2.24, 2.45) is 0 Å². The molecule has 0 aromatic carbocycles. The van der Waals surface area contributed by atoms with Crippen LogP contribution in [0.15, 0.2) is 0 Å². The highest BCUT2D eigenvalue weighted by atomic mass is 16.2. The van der Waals surface area contributed by atoms with Gasteiger partial charge in [0.2, 0.25) is 5.91 Å². The van der Waals surface area contributed by atoms with Crippen LogP contribution in [-0.4, -0.2) is 49.1 Å². The largest absolute Gasteiger partial charge is 0.352 e. The second kappa shape index (κ2) is 6.36. The number of hydrogen-bond donors (Lipinski definition) is 2. The predicted octanol–water partition coefficient (Wildman–Crippen LogP) is 0.729.